The number of hydrogen-bond donors (Lipinski definition) is 5. The Balaban J connectivity index is 0.000000119. The summed E-state index contributed by atoms with van der Waals surface area (Å²) in [6.07, 6.45) is 31.8. The molecule has 5 N–H and O–H groups in total. The van der Waals surface area contributed by atoms with Crippen LogP contribution in [0.2, 0.25) is 0 Å². The van der Waals surface area contributed by atoms with E-state index in [0.717, 1.165) is 201 Å². The number of para-hydroxylation sites is 1. The van der Waals surface area contributed by atoms with Crippen molar-refractivity contribution in [2.75, 3.05) is 204 Å². The van der Waals surface area contributed by atoms with Crippen LogP contribution in [0.1, 0.15) is 179 Å². The first-order valence-corrected chi connectivity index (χ1v) is 52.2. The molecule has 6 saturated heterocycles. The highest BCUT2D eigenvalue weighted by Gasteiger charge is 2.36. The minimum Gasteiger partial charge on any atom is -0.369 e. The number of pyridine rings is 7. The van der Waals surface area contributed by atoms with Crippen molar-refractivity contribution >= 4 is 5.69 Å². The second-order valence-corrected chi connectivity index (χ2v) is 40.9. The number of hydrogen-bond acceptors (Lipinski definition) is 24. The Morgan fingerprint density at radius 3 is 0.839 bits per heavy atom. The summed E-state index contributed by atoms with van der Waals surface area (Å²) in [5.41, 5.74) is 21.7. The van der Waals surface area contributed by atoms with Crippen LogP contribution < -0.4 is 31.5 Å². The van der Waals surface area contributed by atoms with Crippen LogP contribution in [0.4, 0.5) is 5.69 Å². The maximum atomic E-state index is 4.76. The zero-order chi connectivity index (χ0) is 93.7. The van der Waals surface area contributed by atoms with Gasteiger partial charge in [0.05, 0.1) is 70.1 Å². The van der Waals surface area contributed by atoms with Gasteiger partial charge in [-0.1, -0.05) is 121 Å². The van der Waals surface area contributed by atoms with Crippen molar-refractivity contribution in [2.45, 2.75) is 189 Å². The Bertz CT molecular complexity index is 4720. The molecular weight excluding hydrogens is 1690 g/mol. The summed E-state index contributed by atoms with van der Waals surface area (Å²) in [5, 5.41) is 18.7. The van der Waals surface area contributed by atoms with Crippen LogP contribution >= 0.6 is 0 Å². The van der Waals surface area contributed by atoms with E-state index in [1.54, 1.807) is 0 Å². The van der Waals surface area contributed by atoms with Gasteiger partial charge in [-0.15, -0.1) is 0 Å². The van der Waals surface area contributed by atoms with Crippen LogP contribution in [0.5, 0.6) is 0 Å². The second kappa shape index (κ2) is 51.3. The number of nitrogens with zero attached hydrogens (tertiary/aromatic N) is 19. The van der Waals surface area contributed by atoms with Crippen LogP contribution in [-0.2, 0) is 64.8 Å². The first-order valence-electron chi connectivity index (χ1n) is 52.2. The molecular formula is C113H158N24. The van der Waals surface area contributed by atoms with Gasteiger partial charge >= 0.3 is 0 Å². The normalized spacial score (nSPS) is 24.0. The van der Waals surface area contributed by atoms with Crippen LogP contribution in [0.25, 0.3) is 0 Å². The van der Waals surface area contributed by atoms with Gasteiger partial charge in [0, 0.05) is 269 Å². The Morgan fingerprint density at radius 1 is 0.270 bits per heavy atom. The molecule has 10 atom stereocenters. The van der Waals surface area contributed by atoms with Crippen molar-refractivity contribution in [3.63, 3.8) is 0 Å². The van der Waals surface area contributed by atoms with Crippen molar-refractivity contribution in [3.05, 3.63) is 310 Å². The van der Waals surface area contributed by atoms with Gasteiger partial charge in [0.2, 0.25) is 0 Å². The Labute approximate surface area is 819 Å². The summed E-state index contributed by atoms with van der Waals surface area (Å²) < 4.78 is 0. The molecule has 0 unspecified atom stereocenters. The fourth-order valence-corrected chi connectivity index (χ4v) is 23.6. The van der Waals surface area contributed by atoms with E-state index in [4.69, 9.17) is 24.9 Å². The number of benzene rings is 3. The molecule has 21 rings (SSSR count). The number of nitrogens with one attached hydrogen (secondary N) is 5. The second-order valence-electron chi connectivity index (χ2n) is 40.9. The monoisotopic (exact) mass is 1850 g/mol. The fourth-order valence-electron chi connectivity index (χ4n) is 23.6. The largest absolute Gasteiger partial charge is 0.369 e. The van der Waals surface area contributed by atoms with Crippen molar-refractivity contribution < 1.29 is 0 Å². The predicted octanol–water partition coefficient (Wildman–Crippen LogP) is 12.9. The summed E-state index contributed by atoms with van der Waals surface area (Å²) in [4.78, 5) is 63.0. The number of piperazine rings is 6. The van der Waals surface area contributed by atoms with E-state index >= 15 is 0 Å². The van der Waals surface area contributed by atoms with Crippen LogP contribution in [0.3, 0.4) is 0 Å². The Hall–Kier alpha value is -9.13. The first kappa shape index (κ1) is 99.4. The first-order chi connectivity index (χ1) is 67.3. The summed E-state index contributed by atoms with van der Waals surface area (Å²) in [6, 6.07) is 69.5. The number of likely N-dealkylation sites (N-methyl/N-ethyl adjacent to an activating group) is 6. The van der Waals surface area contributed by atoms with Gasteiger partial charge in [0.1, 0.15) is 0 Å². The third-order valence-corrected chi connectivity index (χ3v) is 30.7. The predicted molar refractivity (Wildman–Crippen MR) is 556 cm³/mol. The summed E-state index contributed by atoms with van der Waals surface area (Å²) in [6.45, 7) is 31.2. The van der Waals surface area contributed by atoms with Crippen LogP contribution in [-0.4, -0.2) is 318 Å². The van der Waals surface area contributed by atoms with Crippen LogP contribution in [0, 0.1) is 0 Å². The maximum absolute atomic E-state index is 4.76. The number of fused-ring (bicyclic) bond motifs is 5. The maximum Gasteiger partial charge on any atom is 0.0607 e. The van der Waals surface area contributed by atoms with Crippen molar-refractivity contribution in [2.24, 2.45) is 0 Å². The Morgan fingerprint density at radius 2 is 0.540 bits per heavy atom. The molecule has 6 fully saturated rings. The molecule has 3 aromatic carbocycles. The fraction of sp³-hybridized carbons (Fsp3) is 0.531. The molecule has 11 aliphatic rings. The third kappa shape index (κ3) is 28.6. The van der Waals surface area contributed by atoms with E-state index < -0.39 is 0 Å². The van der Waals surface area contributed by atoms with Crippen LogP contribution in [0.15, 0.2) is 225 Å². The zero-order valence-corrected chi connectivity index (χ0v) is 83.2. The summed E-state index contributed by atoms with van der Waals surface area (Å²) in [7, 11) is 13.6. The van der Waals surface area contributed by atoms with E-state index in [-0.39, 0.29) is 0 Å². The highest BCUT2D eigenvalue weighted by Crippen LogP contribution is 2.38. The van der Waals surface area contributed by atoms with Gasteiger partial charge in [0.25, 0.3) is 0 Å². The van der Waals surface area contributed by atoms with Gasteiger partial charge in [-0.2, -0.15) is 0 Å². The molecule has 7 aromatic heterocycles. The molecule has 24 heteroatoms. The van der Waals surface area contributed by atoms with Gasteiger partial charge in [0.15, 0.2) is 0 Å². The van der Waals surface area contributed by atoms with E-state index in [1.165, 1.54) is 175 Å². The van der Waals surface area contributed by atoms with E-state index in [2.05, 4.69) is 307 Å². The Kier molecular flexibility index (Phi) is 37.3. The SMILES string of the molecule is CN(C[C@@H]1CN(Cc2ccccc2)CCN1)[C@H]1CCCc2cccnc21.CN(C[C@@H]1CN(Cc2ccccn2)CCN1)[C@H]1CCCc2cccnc21.CN(C[C@H]1CN(Cc2ccccc2)CCN1)[C@H]1CCCc2cccnc21.CN(C[C@H]1CN(Cc2ccccn2)CCN1)[C@H]1CCCc2cccnc21.CN1CCN(c2ccccc2CN2CCN[C@@H](CN(C)[C@H]3CCCc4cccnc43)C2)CC1. The number of rotatable bonds is 26. The third-order valence-electron chi connectivity index (χ3n) is 30.7. The molecule has 730 valence electrons. The summed E-state index contributed by atoms with van der Waals surface area (Å²) >= 11 is 0. The standard InChI is InChI=1S/C27H40N6.2C22H30N4.2C21H29N5/c1-30-15-17-33(18-16-30)25-10-4-3-7-23(25)19-32-14-13-28-24(21-32)20-31(2)26-11-5-8-22-9-6-12-29-27(22)26;2*1-25(21-11-5-9-19-10-6-12-24-22(19)21)16-20-17-26(14-13-23-20)15-18-7-3-2-4-8-18;2*1-25(20-9-4-6-17-7-5-11-24-21(17)20)14-19-16-26(13-12-23-19)15-18-8-2-3-10-22-18/h3-4,6-7,9-10,12,24,26,28H,5,8,11,13-21H2,1-2H3;2*2-4,6-8,10,12,20-21,23H,5,9,11,13-17H2,1H3;2*2-3,5,7-8,10-11,19-20,23H,4,6,9,12-16H2,1H3/t24-,26-;20-,21+;20-,21-;19-,20+;19-,20-/m01010/s1. The molecule has 5 aliphatic carbocycles. The molecule has 0 radical (unpaired) electrons. The lowest BCUT2D eigenvalue weighted by atomic mass is 9.91. The number of anilines is 1. The summed E-state index contributed by atoms with van der Waals surface area (Å²) in [5.74, 6) is 0. The molecule has 0 bridgehead atoms. The lowest BCUT2D eigenvalue weighted by Crippen LogP contribution is -2.54. The molecule has 13 heterocycles. The van der Waals surface area contributed by atoms with E-state index in [1.807, 2.05) is 55.5 Å². The highest BCUT2D eigenvalue weighted by molar-refractivity contribution is 5.54. The topological polar surface area (TPSA) is 189 Å². The zero-order valence-electron chi connectivity index (χ0n) is 83.2. The molecule has 0 spiro atoms. The lowest BCUT2D eigenvalue weighted by molar-refractivity contribution is 0.137. The molecule has 24 nitrogen and oxygen atoms in total. The minimum atomic E-state index is 0.449. The molecule has 0 saturated carbocycles. The van der Waals surface area contributed by atoms with Gasteiger partial charge in [-0.3, -0.25) is 83.9 Å². The van der Waals surface area contributed by atoms with E-state index in [9.17, 15) is 0 Å². The minimum absolute atomic E-state index is 0.449. The molecule has 10 aromatic rings. The number of aromatic nitrogens is 7. The molecule has 137 heavy (non-hydrogen) atoms. The van der Waals surface area contributed by atoms with E-state index in [0.29, 0.717) is 60.4 Å². The van der Waals surface area contributed by atoms with Gasteiger partial charge < -0.3 is 36.4 Å². The number of aryl methyl sites for hydroxylation is 5. The van der Waals surface area contributed by atoms with Crippen molar-refractivity contribution in [1.82, 2.24) is 115 Å². The quantitative estimate of drug-likeness (QED) is 0.0344. The van der Waals surface area contributed by atoms with Gasteiger partial charge in [-0.05, 0) is 244 Å². The van der Waals surface area contributed by atoms with Crippen molar-refractivity contribution in [1.29, 1.82) is 0 Å². The molecule has 0 amide bonds. The van der Waals surface area contributed by atoms with Gasteiger partial charge in [-0.25, -0.2) is 0 Å². The van der Waals surface area contributed by atoms with Crippen molar-refractivity contribution in [3.8, 4) is 0 Å². The average Bonchev–Trinajstić information content (AvgIpc) is 0.831. The smallest absolute Gasteiger partial charge is 0.0607 e. The lowest BCUT2D eigenvalue weighted by Gasteiger charge is -2.39. The average molecular weight is 1850 g/mol. The highest BCUT2D eigenvalue weighted by atomic mass is 15.3. The molecule has 6 aliphatic heterocycles.